The normalized spacial score (nSPS) is 25.0. The van der Waals surface area contributed by atoms with Crippen LogP contribution in [-0.4, -0.2) is 28.9 Å². The molecule has 0 bridgehead atoms. The first-order valence-corrected chi connectivity index (χ1v) is 12.2. The highest BCUT2D eigenvalue weighted by Gasteiger charge is 2.38. The number of allylic oxidation sites excluding steroid dienone is 1. The molecule has 1 N–H and O–H groups in total. The molecule has 172 valence electrons. The van der Waals surface area contributed by atoms with Gasteiger partial charge < -0.3 is 15.0 Å². The number of fused-ring (bicyclic) bond motifs is 1. The molecule has 2 aromatic rings. The van der Waals surface area contributed by atoms with Crippen LogP contribution in [0.15, 0.2) is 60.8 Å². The van der Waals surface area contributed by atoms with E-state index in [4.69, 9.17) is 4.74 Å². The van der Waals surface area contributed by atoms with E-state index in [2.05, 4.69) is 42.2 Å². The number of ether oxygens (including phenoxy) is 1. The standard InChI is InChI=1S/C28H32N2O3/c1-19-11-16-25(27(31)29-19)30-18-22-17-23(14-15-24(22)28(30)32)33-26-10-6-5-9-21(26)13-12-20-7-3-2-4-8-20/h2-4,7-8,14-15,17,21,25-26H,1,5-6,9-13,16,18H2,(H,29,31)/t21-,25?,26-/m1/s1. The zero-order chi connectivity index (χ0) is 22.8. The molecule has 3 aliphatic rings. The Bertz CT molecular complexity index is 1050. The van der Waals surface area contributed by atoms with Crippen molar-refractivity contribution >= 4 is 11.8 Å². The van der Waals surface area contributed by atoms with Gasteiger partial charge >= 0.3 is 0 Å². The monoisotopic (exact) mass is 444 g/mol. The molecule has 5 nitrogen and oxygen atoms in total. The van der Waals surface area contributed by atoms with Crippen molar-refractivity contribution in [1.82, 2.24) is 10.2 Å². The van der Waals surface area contributed by atoms with Crippen LogP contribution in [0.4, 0.5) is 0 Å². The van der Waals surface area contributed by atoms with Crippen LogP contribution in [0.1, 0.15) is 66.4 Å². The summed E-state index contributed by atoms with van der Waals surface area (Å²) >= 11 is 0. The van der Waals surface area contributed by atoms with Crippen molar-refractivity contribution < 1.29 is 14.3 Å². The summed E-state index contributed by atoms with van der Waals surface area (Å²) in [6, 6.07) is 16.0. The van der Waals surface area contributed by atoms with Crippen LogP contribution in [0, 0.1) is 5.92 Å². The van der Waals surface area contributed by atoms with Crippen molar-refractivity contribution in [2.45, 2.75) is 70.1 Å². The highest BCUT2D eigenvalue weighted by molar-refractivity contribution is 6.01. The van der Waals surface area contributed by atoms with E-state index in [1.807, 2.05) is 18.2 Å². The predicted molar refractivity (Wildman–Crippen MR) is 128 cm³/mol. The van der Waals surface area contributed by atoms with Gasteiger partial charge in [-0.25, -0.2) is 0 Å². The largest absolute Gasteiger partial charge is 0.490 e. The molecule has 2 heterocycles. The fourth-order valence-electron chi connectivity index (χ4n) is 5.53. The van der Waals surface area contributed by atoms with E-state index in [9.17, 15) is 9.59 Å². The van der Waals surface area contributed by atoms with Gasteiger partial charge in [-0.05, 0) is 80.2 Å². The number of hydrogen-bond donors (Lipinski definition) is 1. The van der Waals surface area contributed by atoms with Gasteiger partial charge in [-0.15, -0.1) is 0 Å². The lowest BCUT2D eigenvalue weighted by Crippen LogP contribution is -2.49. The number of aryl methyl sites for hydroxylation is 1. The Balaban J connectivity index is 1.25. The molecule has 2 fully saturated rings. The number of benzene rings is 2. The van der Waals surface area contributed by atoms with Gasteiger partial charge in [0.05, 0.1) is 0 Å². The summed E-state index contributed by atoms with van der Waals surface area (Å²) in [7, 11) is 0. The molecule has 0 spiro atoms. The minimum absolute atomic E-state index is 0.0670. The number of carbonyl (C=O) groups excluding carboxylic acids is 2. The number of piperidine rings is 1. The first-order valence-electron chi connectivity index (χ1n) is 12.2. The van der Waals surface area contributed by atoms with Crippen LogP contribution >= 0.6 is 0 Å². The topological polar surface area (TPSA) is 58.6 Å². The molecule has 5 heteroatoms. The average Bonchev–Trinajstić information content (AvgIpc) is 3.14. The minimum Gasteiger partial charge on any atom is -0.490 e. The van der Waals surface area contributed by atoms with E-state index in [1.54, 1.807) is 4.90 Å². The highest BCUT2D eigenvalue weighted by atomic mass is 16.5. The molecule has 0 radical (unpaired) electrons. The first-order chi connectivity index (χ1) is 16.1. The Morgan fingerprint density at radius 1 is 1.03 bits per heavy atom. The van der Waals surface area contributed by atoms with Gasteiger partial charge in [0.15, 0.2) is 0 Å². The summed E-state index contributed by atoms with van der Waals surface area (Å²) in [4.78, 5) is 27.1. The SMILES string of the molecule is C=C1CCC(N2Cc3cc(O[C@@H]4CCCC[C@@H]4CCc4ccccc4)ccc3C2=O)C(=O)N1. The molecule has 1 saturated carbocycles. The van der Waals surface area contributed by atoms with Crippen LogP contribution in [0.5, 0.6) is 5.75 Å². The molecule has 2 aromatic carbocycles. The maximum absolute atomic E-state index is 13.0. The van der Waals surface area contributed by atoms with Crippen molar-refractivity contribution in [3.63, 3.8) is 0 Å². The molecular weight excluding hydrogens is 412 g/mol. The quantitative estimate of drug-likeness (QED) is 0.682. The molecule has 2 amide bonds. The van der Waals surface area contributed by atoms with Crippen LogP contribution in [0.2, 0.25) is 0 Å². The van der Waals surface area contributed by atoms with E-state index in [0.29, 0.717) is 30.9 Å². The van der Waals surface area contributed by atoms with E-state index in [1.165, 1.54) is 24.8 Å². The third-order valence-electron chi connectivity index (χ3n) is 7.38. The zero-order valence-electron chi connectivity index (χ0n) is 19.1. The Kier molecular flexibility index (Phi) is 6.21. The van der Waals surface area contributed by atoms with Crippen LogP contribution in [-0.2, 0) is 17.8 Å². The molecule has 2 aliphatic heterocycles. The van der Waals surface area contributed by atoms with Crippen molar-refractivity contribution in [3.8, 4) is 5.75 Å². The molecule has 3 atom stereocenters. The van der Waals surface area contributed by atoms with E-state index in [-0.39, 0.29) is 17.9 Å². The van der Waals surface area contributed by atoms with Gasteiger partial charge in [0.25, 0.3) is 5.91 Å². The molecular formula is C28H32N2O3. The number of nitrogens with zero attached hydrogens (tertiary/aromatic N) is 1. The van der Waals surface area contributed by atoms with Crippen LogP contribution < -0.4 is 10.1 Å². The summed E-state index contributed by atoms with van der Waals surface area (Å²) < 4.78 is 6.51. The lowest BCUT2D eigenvalue weighted by molar-refractivity contribution is -0.126. The smallest absolute Gasteiger partial charge is 0.255 e. The van der Waals surface area contributed by atoms with Gasteiger partial charge in [0.2, 0.25) is 5.91 Å². The summed E-state index contributed by atoms with van der Waals surface area (Å²) in [5.41, 5.74) is 3.74. The second-order valence-electron chi connectivity index (χ2n) is 9.62. The molecule has 5 rings (SSSR count). The van der Waals surface area contributed by atoms with Gasteiger partial charge in [0, 0.05) is 17.8 Å². The van der Waals surface area contributed by atoms with Gasteiger partial charge in [-0.2, -0.15) is 0 Å². The Morgan fingerprint density at radius 3 is 2.67 bits per heavy atom. The molecule has 1 unspecified atom stereocenters. The van der Waals surface area contributed by atoms with E-state index < -0.39 is 6.04 Å². The molecule has 0 aromatic heterocycles. The van der Waals surface area contributed by atoms with Crippen LogP contribution in [0.3, 0.4) is 0 Å². The first kappa shape index (κ1) is 21.7. The third kappa shape index (κ3) is 4.68. The second kappa shape index (κ2) is 9.42. The van der Waals surface area contributed by atoms with Crippen molar-refractivity contribution in [2.24, 2.45) is 5.92 Å². The summed E-state index contributed by atoms with van der Waals surface area (Å²) in [6.07, 6.45) is 8.50. The van der Waals surface area contributed by atoms with Crippen molar-refractivity contribution in [3.05, 3.63) is 77.5 Å². The summed E-state index contributed by atoms with van der Waals surface area (Å²) in [6.45, 7) is 4.29. The molecule has 1 saturated heterocycles. The number of hydrogen-bond acceptors (Lipinski definition) is 3. The Hall–Kier alpha value is -3.08. The van der Waals surface area contributed by atoms with Gasteiger partial charge in [0.1, 0.15) is 17.9 Å². The minimum atomic E-state index is -0.430. The van der Waals surface area contributed by atoms with E-state index in [0.717, 1.165) is 36.3 Å². The lowest BCUT2D eigenvalue weighted by atomic mass is 9.82. The number of carbonyl (C=O) groups is 2. The van der Waals surface area contributed by atoms with Crippen molar-refractivity contribution in [2.75, 3.05) is 0 Å². The number of amides is 2. The summed E-state index contributed by atoms with van der Waals surface area (Å²) in [5, 5.41) is 2.80. The maximum Gasteiger partial charge on any atom is 0.255 e. The molecule has 33 heavy (non-hydrogen) atoms. The molecule has 1 aliphatic carbocycles. The average molecular weight is 445 g/mol. The van der Waals surface area contributed by atoms with Crippen LogP contribution in [0.25, 0.3) is 0 Å². The second-order valence-corrected chi connectivity index (χ2v) is 9.62. The maximum atomic E-state index is 13.0. The lowest BCUT2D eigenvalue weighted by Gasteiger charge is -2.32. The summed E-state index contributed by atoms with van der Waals surface area (Å²) in [5.74, 6) is 1.18. The third-order valence-corrected chi connectivity index (χ3v) is 7.38. The fraction of sp³-hybridized carbons (Fsp3) is 0.429. The fourth-order valence-corrected chi connectivity index (χ4v) is 5.53. The van der Waals surface area contributed by atoms with Gasteiger partial charge in [-0.3, -0.25) is 9.59 Å². The zero-order valence-corrected chi connectivity index (χ0v) is 19.1. The predicted octanol–water partition coefficient (Wildman–Crippen LogP) is 5.01. The Labute approximate surface area is 195 Å². The Morgan fingerprint density at radius 2 is 1.85 bits per heavy atom. The van der Waals surface area contributed by atoms with Crippen molar-refractivity contribution in [1.29, 1.82) is 0 Å². The number of nitrogens with one attached hydrogen (secondary N) is 1. The van der Waals surface area contributed by atoms with Gasteiger partial charge in [-0.1, -0.05) is 43.3 Å². The number of rotatable bonds is 6. The van der Waals surface area contributed by atoms with E-state index >= 15 is 0 Å². The highest BCUT2D eigenvalue weighted by Crippen LogP contribution is 2.34.